The van der Waals surface area contributed by atoms with E-state index in [9.17, 15) is 9.90 Å². The van der Waals surface area contributed by atoms with Crippen molar-refractivity contribution in [3.63, 3.8) is 0 Å². The van der Waals surface area contributed by atoms with E-state index in [2.05, 4.69) is 25.1 Å². The highest BCUT2D eigenvalue weighted by Gasteiger charge is 2.43. The Morgan fingerprint density at radius 3 is 2.70 bits per heavy atom. The molecular formula is C30H37N7O3. The van der Waals surface area contributed by atoms with Crippen LogP contribution in [0.3, 0.4) is 0 Å². The number of amides is 1. The van der Waals surface area contributed by atoms with Crippen LogP contribution in [0.1, 0.15) is 49.0 Å². The number of anilines is 3. The predicted molar refractivity (Wildman–Crippen MR) is 154 cm³/mol. The van der Waals surface area contributed by atoms with Gasteiger partial charge in [0.25, 0.3) is 5.91 Å². The Morgan fingerprint density at radius 1 is 1.07 bits per heavy atom. The Labute approximate surface area is 233 Å². The maximum atomic E-state index is 13.4. The van der Waals surface area contributed by atoms with Gasteiger partial charge in [0.1, 0.15) is 5.69 Å². The van der Waals surface area contributed by atoms with Crippen LogP contribution in [-0.4, -0.2) is 76.5 Å². The van der Waals surface area contributed by atoms with Crippen molar-refractivity contribution in [2.24, 2.45) is 17.6 Å². The molecule has 3 atom stereocenters. The molecule has 0 radical (unpaired) electrons. The number of ether oxygens (including phenoxy) is 1. The van der Waals surface area contributed by atoms with E-state index in [4.69, 9.17) is 15.5 Å². The van der Waals surface area contributed by atoms with Gasteiger partial charge < -0.3 is 30.7 Å². The second-order valence-corrected chi connectivity index (χ2v) is 12.0. The van der Waals surface area contributed by atoms with E-state index in [-0.39, 0.29) is 23.5 Å². The fourth-order valence-electron chi connectivity index (χ4n) is 6.83. The second kappa shape index (κ2) is 10.2. The largest absolute Gasteiger partial charge is 0.391 e. The molecule has 0 aromatic carbocycles. The predicted octanol–water partition coefficient (Wildman–Crippen LogP) is 2.96. The third kappa shape index (κ3) is 4.88. The number of nitrogens with one attached hydrogen (secondary N) is 1. The number of pyridine rings is 3. The van der Waals surface area contributed by atoms with E-state index >= 15 is 0 Å². The number of carbonyl (C=O) groups is 1. The van der Waals surface area contributed by atoms with Gasteiger partial charge in [-0.1, -0.05) is 0 Å². The van der Waals surface area contributed by atoms with Gasteiger partial charge in [0, 0.05) is 50.9 Å². The summed E-state index contributed by atoms with van der Waals surface area (Å²) in [5.74, 6) is 0.353. The van der Waals surface area contributed by atoms with Crippen molar-refractivity contribution in [3.8, 4) is 0 Å². The van der Waals surface area contributed by atoms with Crippen LogP contribution in [0.4, 0.5) is 17.1 Å². The van der Waals surface area contributed by atoms with Crippen LogP contribution in [-0.2, 0) is 4.74 Å². The van der Waals surface area contributed by atoms with Gasteiger partial charge in [-0.15, -0.1) is 0 Å². The van der Waals surface area contributed by atoms with Crippen LogP contribution in [0.15, 0.2) is 42.9 Å². The molecule has 4 N–H and O–H groups in total. The molecule has 4 fully saturated rings. The molecule has 3 aliphatic heterocycles. The topological polar surface area (TPSA) is 130 Å². The molecule has 3 unspecified atom stereocenters. The summed E-state index contributed by atoms with van der Waals surface area (Å²) in [5.41, 5.74) is 10.6. The van der Waals surface area contributed by atoms with Crippen molar-refractivity contribution in [2.45, 2.75) is 56.3 Å². The van der Waals surface area contributed by atoms with Crippen molar-refractivity contribution in [2.75, 3.05) is 47.9 Å². The smallest absolute Gasteiger partial charge is 0.274 e. The Morgan fingerprint density at radius 2 is 1.93 bits per heavy atom. The molecule has 6 heterocycles. The Kier molecular flexibility index (Phi) is 6.56. The van der Waals surface area contributed by atoms with Crippen LogP contribution in [0.25, 0.3) is 11.0 Å². The van der Waals surface area contributed by atoms with Crippen LogP contribution in [0, 0.1) is 11.8 Å². The van der Waals surface area contributed by atoms with Crippen molar-refractivity contribution in [1.29, 1.82) is 0 Å². The zero-order valence-electron chi connectivity index (χ0n) is 22.7. The molecule has 1 amide bonds. The van der Waals surface area contributed by atoms with E-state index in [0.29, 0.717) is 35.9 Å². The number of aliphatic hydroxyl groups excluding tert-OH is 1. The molecule has 10 nitrogen and oxygen atoms in total. The second-order valence-electron chi connectivity index (χ2n) is 12.0. The van der Waals surface area contributed by atoms with E-state index < -0.39 is 6.10 Å². The number of piperidine rings is 2. The molecule has 3 saturated heterocycles. The Bertz CT molecular complexity index is 1400. The molecule has 3 aromatic rings. The molecule has 40 heavy (non-hydrogen) atoms. The minimum Gasteiger partial charge on any atom is -0.391 e. The molecule has 210 valence electrons. The van der Waals surface area contributed by atoms with Gasteiger partial charge in [-0.3, -0.25) is 14.8 Å². The molecule has 3 aromatic heterocycles. The summed E-state index contributed by atoms with van der Waals surface area (Å²) in [6, 6.07) is 7.14. The average Bonchev–Trinajstić information content (AvgIpc) is 3.73. The van der Waals surface area contributed by atoms with E-state index in [1.807, 2.05) is 24.4 Å². The fraction of sp³-hybridized carbons (Fsp3) is 0.533. The number of nitrogens with zero attached hydrogens (tertiary/aromatic N) is 5. The average molecular weight is 544 g/mol. The molecule has 10 heteroatoms. The van der Waals surface area contributed by atoms with Crippen molar-refractivity contribution in [3.05, 3.63) is 48.5 Å². The van der Waals surface area contributed by atoms with E-state index in [0.717, 1.165) is 75.1 Å². The first kappa shape index (κ1) is 25.6. The zero-order valence-corrected chi connectivity index (χ0v) is 22.7. The van der Waals surface area contributed by atoms with Gasteiger partial charge in [-0.2, -0.15) is 0 Å². The highest BCUT2D eigenvalue weighted by molar-refractivity contribution is 6.05. The number of rotatable bonds is 5. The standard InChI is InChI=1S/C30H37N7O3/c31-22-18-37(17-21(28(22)38)19-2-3-19)27-6-10-32-16-26(27)35-29(39)24-5-4-23-25(34-24)14-20(15-33-23)36-11-8-30(9-12-36)7-1-13-40-30/h4-6,10,14-16,19,21-22,28,38H,1-3,7-9,11-13,17-18,31H2,(H,35,39). The van der Waals surface area contributed by atoms with Gasteiger partial charge in [-0.05, 0) is 68.7 Å². The first-order valence-electron chi connectivity index (χ1n) is 14.6. The molecule has 0 bridgehead atoms. The lowest BCUT2D eigenvalue weighted by molar-refractivity contribution is -0.0146. The van der Waals surface area contributed by atoms with Gasteiger partial charge in [0.05, 0.1) is 52.2 Å². The van der Waals surface area contributed by atoms with Crippen LogP contribution < -0.4 is 20.9 Å². The first-order chi connectivity index (χ1) is 19.5. The lowest BCUT2D eigenvalue weighted by Crippen LogP contribution is -2.57. The summed E-state index contributed by atoms with van der Waals surface area (Å²) >= 11 is 0. The molecule has 7 rings (SSSR count). The molecular weight excluding hydrogens is 506 g/mol. The molecule has 4 aliphatic rings. The van der Waals surface area contributed by atoms with Crippen molar-refractivity contribution >= 4 is 34.0 Å². The molecule has 1 spiro atoms. The number of nitrogens with two attached hydrogens (primary N) is 1. The summed E-state index contributed by atoms with van der Waals surface area (Å²) in [6.07, 6.45) is 11.4. The highest BCUT2D eigenvalue weighted by atomic mass is 16.5. The van der Waals surface area contributed by atoms with Crippen molar-refractivity contribution < 1.29 is 14.6 Å². The van der Waals surface area contributed by atoms with Gasteiger partial charge in [0.15, 0.2) is 0 Å². The lowest BCUT2D eigenvalue weighted by Gasteiger charge is -2.42. The minimum atomic E-state index is -0.494. The monoisotopic (exact) mass is 543 g/mol. The molecule has 1 saturated carbocycles. The summed E-state index contributed by atoms with van der Waals surface area (Å²) in [5, 5.41) is 13.7. The summed E-state index contributed by atoms with van der Waals surface area (Å²) < 4.78 is 6.08. The van der Waals surface area contributed by atoms with Gasteiger partial charge in [0.2, 0.25) is 0 Å². The number of hydrogen-bond donors (Lipinski definition) is 3. The third-order valence-electron chi connectivity index (χ3n) is 9.33. The number of hydrogen-bond acceptors (Lipinski definition) is 9. The Balaban J connectivity index is 1.08. The maximum absolute atomic E-state index is 13.4. The third-order valence-corrected chi connectivity index (χ3v) is 9.33. The van der Waals surface area contributed by atoms with E-state index in [1.54, 1.807) is 18.5 Å². The lowest BCUT2D eigenvalue weighted by atomic mass is 9.87. The van der Waals surface area contributed by atoms with Gasteiger partial charge >= 0.3 is 0 Å². The van der Waals surface area contributed by atoms with Crippen LogP contribution in [0.2, 0.25) is 0 Å². The summed E-state index contributed by atoms with van der Waals surface area (Å²) in [4.78, 5) is 31.5. The maximum Gasteiger partial charge on any atom is 0.274 e. The number of fused-ring (bicyclic) bond motifs is 1. The van der Waals surface area contributed by atoms with E-state index in [1.165, 1.54) is 0 Å². The molecule has 1 aliphatic carbocycles. The SMILES string of the molecule is NC1CN(c2ccncc2NC(=O)c2ccc3ncc(N4CCC5(CCCO5)CC4)cc3n2)CC(C2CC2)C1O. The zero-order chi connectivity index (χ0) is 27.3. The van der Waals surface area contributed by atoms with Crippen molar-refractivity contribution in [1.82, 2.24) is 15.0 Å². The normalized spacial score (nSPS) is 26.4. The van der Waals surface area contributed by atoms with Crippen LogP contribution in [0.5, 0.6) is 0 Å². The Hall–Kier alpha value is -3.34. The number of aromatic nitrogens is 3. The first-order valence-corrected chi connectivity index (χ1v) is 14.6. The fourth-order valence-corrected chi connectivity index (χ4v) is 6.83. The highest BCUT2D eigenvalue weighted by Crippen LogP contribution is 2.42. The van der Waals surface area contributed by atoms with Gasteiger partial charge in [-0.25, -0.2) is 4.98 Å². The summed E-state index contributed by atoms with van der Waals surface area (Å²) in [6.45, 7) is 3.96. The quantitative estimate of drug-likeness (QED) is 0.445. The minimum absolute atomic E-state index is 0.0628. The number of carbonyl (C=O) groups excluding carboxylic acids is 1. The van der Waals surface area contributed by atoms with Crippen LogP contribution >= 0.6 is 0 Å². The number of aliphatic hydroxyl groups is 1. The summed E-state index contributed by atoms with van der Waals surface area (Å²) in [7, 11) is 0.